The van der Waals surface area contributed by atoms with Crippen LogP contribution in [0.4, 0.5) is 17.6 Å². The molecule has 2 aromatic carbocycles. The Kier molecular flexibility index (Phi) is 4.57. The fourth-order valence-electron chi connectivity index (χ4n) is 1.64. The Balaban J connectivity index is 2.02. The first kappa shape index (κ1) is 15.0. The van der Waals surface area contributed by atoms with Crippen molar-refractivity contribution in [2.24, 2.45) is 5.16 Å². The van der Waals surface area contributed by atoms with Crippen LogP contribution in [0, 0.1) is 5.82 Å². The molecule has 2 rings (SSSR count). The summed E-state index contributed by atoms with van der Waals surface area (Å²) >= 11 is 0. The molecule has 0 aromatic heterocycles. The van der Waals surface area contributed by atoms with E-state index in [0.717, 1.165) is 6.07 Å². The maximum Gasteiger partial charge on any atom is 0.417 e. The van der Waals surface area contributed by atoms with E-state index in [2.05, 4.69) is 11.4 Å². The zero-order chi connectivity index (χ0) is 15.3. The van der Waals surface area contributed by atoms with Crippen molar-refractivity contribution < 1.29 is 22.4 Å². The molecule has 0 atom stereocenters. The summed E-state index contributed by atoms with van der Waals surface area (Å²) < 4.78 is 51.0. The monoisotopic (exact) mass is 296 g/mol. The molecule has 0 aliphatic rings. The van der Waals surface area contributed by atoms with Crippen LogP contribution in [0.25, 0.3) is 0 Å². The van der Waals surface area contributed by atoms with Crippen LogP contribution in [0.3, 0.4) is 0 Å². The van der Waals surface area contributed by atoms with Crippen molar-refractivity contribution in [3.8, 4) is 0 Å². The molecular weight excluding hydrogens is 286 g/mol. The fraction of sp³-hybridized carbons (Fsp3) is 0.133. The highest BCUT2D eigenvalue weighted by Gasteiger charge is 2.32. The molecule has 0 saturated carbocycles. The smallest absolute Gasteiger partial charge is 0.390 e. The van der Waals surface area contributed by atoms with E-state index >= 15 is 0 Å². The topological polar surface area (TPSA) is 21.6 Å². The Morgan fingerprint density at radius 2 is 1.81 bits per heavy atom. The van der Waals surface area contributed by atoms with E-state index in [-0.39, 0.29) is 12.2 Å². The van der Waals surface area contributed by atoms with Crippen LogP contribution in [0.5, 0.6) is 0 Å². The van der Waals surface area contributed by atoms with Gasteiger partial charge in [-0.2, -0.15) is 13.2 Å². The Morgan fingerprint density at radius 1 is 1.05 bits per heavy atom. The lowest BCUT2D eigenvalue weighted by Crippen LogP contribution is -2.08. The van der Waals surface area contributed by atoms with Gasteiger partial charge >= 0.3 is 6.18 Å². The third-order valence-corrected chi connectivity index (χ3v) is 2.58. The van der Waals surface area contributed by atoms with Gasteiger partial charge in [0.15, 0.2) is 0 Å². The van der Waals surface area contributed by atoms with Crippen molar-refractivity contribution in [3.05, 3.63) is 71.0 Å². The highest BCUT2D eigenvalue weighted by Crippen LogP contribution is 2.31. The minimum absolute atomic E-state index is 0.0566. The van der Waals surface area contributed by atoms with E-state index in [1.807, 2.05) is 0 Å². The van der Waals surface area contributed by atoms with Crippen LogP contribution in [0.1, 0.15) is 16.7 Å². The lowest BCUT2D eigenvalue weighted by atomic mass is 10.1. The number of alkyl halides is 3. The van der Waals surface area contributed by atoms with Gasteiger partial charge < -0.3 is 4.84 Å². The molecule has 0 unspecified atom stereocenters. The van der Waals surface area contributed by atoms with Crippen LogP contribution in [-0.4, -0.2) is 6.21 Å². The first-order chi connectivity index (χ1) is 9.97. The maximum atomic E-state index is 12.9. The summed E-state index contributed by atoms with van der Waals surface area (Å²) in [4.78, 5) is 4.83. The van der Waals surface area contributed by atoms with Gasteiger partial charge in [0.25, 0.3) is 0 Å². The largest absolute Gasteiger partial charge is 0.417 e. The molecule has 109 valence electrons. The van der Waals surface area contributed by atoms with Gasteiger partial charge in [-0.1, -0.05) is 35.5 Å². The van der Waals surface area contributed by atoms with Crippen molar-refractivity contribution in [1.82, 2.24) is 0 Å². The van der Waals surface area contributed by atoms with E-state index in [1.54, 1.807) is 6.07 Å². The molecule has 0 amide bonds. The van der Waals surface area contributed by atoms with Crippen LogP contribution in [0.2, 0.25) is 0 Å². The molecule has 2 aromatic rings. The van der Waals surface area contributed by atoms with Gasteiger partial charge in [-0.15, -0.1) is 0 Å². The van der Waals surface area contributed by atoms with Gasteiger partial charge in [0, 0.05) is 5.56 Å². The van der Waals surface area contributed by atoms with E-state index in [4.69, 9.17) is 4.84 Å². The summed E-state index contributed by atoms with van der Waals surface area (Å²) in [5, 5.41) is 3.37. The number of rotatable bonds is 4. The Morgan fingerprint density at radius 3 is 2.52 bits per heavy atom. The second kappa shape index (κ2) is 6.39. The van der Waals surface area contributed by atoms with Gasteiger partial charge in [0.05, 0.1) is 5.56 Å². The molecule has 0 spiro atoms. The number of halogens is 4. The summed E-state index contributed by atoms with van der Waals surface area (Å²) in [5.41, 5.74) is -0.544. The highest BCUT2D eigenvalue weighted by atomic mass is 19.4. The lowest BCUT2D eigenvalue weighted by molar-refractivity contribution is -0.137. The van der Waals surface area contributed by atoms with Crippen molar-refractivity contribution in [2.75, 3.05) is 0 Å². The fourth-order valence-corrected chi connectivity index (χ4v) is 1.64. The molecule has 2 nitrogen and oxygen atoms in total. The predicted octanol–water partition coefficient (Wildman–Crippen LogP) is 4.27. The van der Waals surface area contributed by atoms with Gasteiger partial charge in [0.2, 0.25) is 0 Å². The quantitative estimate of drug-likeness (QED) is 0.469. The standard InChI is InChI=1S/C15H10F4NO/c16-13-6-3-4-11(8-13)10-21-20-9-12-5-1-2-7-14(12)15(17,18)19/h1-8H,10H2. The summed E-state index contributed by atoms with van der Waals surface area (Å²) in [5.74, 6) is -0.425. The summed E-state index contributed by atoms with van der Waals surface area (Å²) in [7, 11) is 0. The van der Waals surface area contributed by atoms with Crippen LogP contribution in [0.15, 0.2) is 53.7 Å². The molecule has 21 heavy (non-hydrogen) atoms. The van der Waals surface area contributed by atoms with Gasteiger partial charge in [0.1, 0.15) is 18.6 Å². The zero-order valence-electron chi connectivity index (χ0n) is 10.7. The predicted molar refractivity (Wildman–Crippen MR) is 69.2 cm³/mol. The molecule has 0 bridgehead atoms. The SMILES string of the molecule is Fc1cccc(CO/N=[C]\c2ccccc2C(F)(F)F)c1. The third-order valence-electron chi connectivity index (χ3n) is 2.58. The molecule has 0 saturated heterocycles. The molecule has 1 radical (unpaired) electrons. The maximum absolute atomic E-state index is 12.9. The van der Waals surface area contributed by atoms with Gasteiger partial charge in [-0.3, -0.25) is 0 Å². The number of benzene rings is 2. The summed E-state index contributed by atoms with van der Waals surface area (Å²) in [6.45, 7) is -0.0566. The third kappa shape index (κ3) is 4.30. The normalized spacial score (nSPS) is 11.8. The first-order valence-corrected chi connectivity index (χ1v) is 5.95. The van der Waals surface area contributed by atoms with Crippen LogP contribution in [-0.2, 0) is 17.6 Å². The Hall–Kier alpha value is -2.37. The average Bonchev–Trinajstić information content (AvgIpc) is 2.43. The lowest BCUT2D eigenvalue weighted by Gasteiger charge is -2.08. The Bertz CT molecular complexity index is 638. The minimum atomic E-state index is -4.48. The van der Waals surface area contributed by atoms with E-state index < -0.39 is 17.6 Å². The number of hydrogen-bond donors (Lipinski definition) is 0. The summed E-state index contributed by atoms with van der Waals surface area (Å²) in [6, 6.07) is 10.5. The number of hydrogen-bond acceptors (Lipinski definition) is 2. The molecule has 0 heterocycles. The van der Waals surface area contributed by atoms with E-state index in [0.29, 0.717) is 5.56 Å². The molecule has 6 heteroatoms. The van der Waals surface area contributed by atoms with Crippen molar-refractivity contribution in [2.45, 2.75) is 12.8 Å². The van der Waals surface area contributed by atoms with E-state index in [9.17, 15) is 17.6 Å². The van der Waals surface area contributed by atoms with Crippen molar-refractivity contribution in [3.63, 3.8) is 0 Å². The van der Waals surface area contributed by atoms with Gasteiger partial charge in [-0.25, -0.2) is 4.39 Å². The Labute approximate surface area is 118 Å². The molecule has 0 fully saturated rings. The zero-order valence-corrected chi connectivity index (χ0v) is 10.7. The van der Waals surface area contributed by atoms with Gasteiger partial charge in [-0.05, 0) is 23.8 Å². The number of nitrogens with zero attached hydrogens (tertiary/aromatic N) is 1. The van der Waals surface area contributed by atoms with Crippen LogP contribution >= 0.6 is 0 Å². The molecular formula is C15H10F4NO. The molecule has 0 N–H and O–H groups in total. The first-order valence-electron chi connectivity index (χ1n) is 5.95. The van der Waals surface area contributed by atoms with Crippen LogP contribution < -0.4 is 0 Å². The highest BCUT2D eigenvalue weighted by molar-refractivity contribution is 5.81. The minimum Gasteiger partial charge on any atom is -0.390 e. The second-order valence-electron chi connectivity index (χ2n) is 4.15. The average molecular weight is 296 g/mol. The molecule has 0 aliphatic heterocycles. The van der Waals surface area contributed by atoms with Crippen molar-refractivity contribution >= 4 is 6.21 Å². The van der Waals surface area contributed by atoms with E-state index in [1.165, 1.54) is 36.4 Å². The molecule has 0 aliphatic carbocycles. The second-order valence-corrected chi connectivity index (χ2v) is 4.15. The summed E-state index contributed by atoms with van der Waals surface area (Å²) in [6.07, 6.45) is -2.29. The van der Waals surface area contributed by atoms with Crippen molar-refractivity contribution in [1.29, 1.82) is 0 Å².